The first-order chi connectivity index (χ1) is 7.60. The van der Waals surface area contributed by atoms with Crippen molar-refractivity contribution in [3.63, 3.8) is 0 Å². The largest absolute Gasteiger partial charge is 0.314 e. The van der Waals surface area contributed by atoms with Crippen LogP contribution in [0.15, 0.2) is 0 Å². The average molecular weight is 265 g/mol. The Kier molecular flexibility index (Phi) is 4.12. The standard InChI is InChI=1S/C9H19N3O2S2/c1-9-8-12(6-7-15-9)16(13,14)11-4-2-10-3-5-11/h9-10H,2-8H2,1H3. The van der Waals surface area contributed by atoms with Crippen LogP contribution in [0.4, 0.5) is 0 Å². The highest BCUT2D eigenvalue weighted by Gasteiger charge is 2.33. The van der Waals surface area contributed by atoms with Crippen molar-refractivity contribution < 1.29 is 8.42 Å². The molecule has 16 heavy (non-hydrogen) atoms. The minimum absolute atomic E-state index is 0.409. The summed E-state index contributed by atoms with van der Waals surface area (Å²) < 4.78 is 27.8. The summed E-state index contributed by atoms with van der Waals surface area (Å²) in [5.74, 6) is 0.909. The maximum Gasteiger partial charge on any atom is 0.282 e. The van der Waals surface area contributed by atoms with Crippen molar-refractivity contribution >= 4 is 22.0 Å². The van der Waals surface area contributed by atoms with Crippen molar-refractivity contribution in [1.29, 1.82) is 0 Å². The summed E-state index contributed by atoms with van der Waals surface area (Å²) in [4.78, 5) is 0. The summed E-state index contributed by atoms with van der Waals surface area (Å²) in [6.45, 7) is 6.11. The van der Waals surface area contributed by atoms with Gasteiger partial charge in [-0.25, -0.2) is 0 Å². The van der Waals surface area contributed by atoms with E-state index in [-0.39, 0.29) is 0 Å². The van der Waals surface area contributed by atoms with Crippen LogP contribution in [0.1, 0.15) is 6.92 Å². The summed E-state index contributed by atoms with van der Waals surface area (Å²) in [5.41, 5.74) is 0. The fourth-order valence-electron chi connectivity index (χ4n) is 2.03. The number of rotatable bonds is 2. The molecule has 94 valence electrons. The fourth-order valence-corrected chi connectivity index (χ4v) is 4.96. The molecule has 0 spiro atoms. The first kappa shape index (κ1) is 12.6. The van der Waals surface area contributed by atoms with Crippen LogP contribution in [-0.2, 0) is 10.2 Å². The summed E-state index contributed by atoms with van der Waals surface area (Å²) in [5, 5.41) is 3.58. The van der Waals surface area contributed by atoms with Gasteiger partial charge >= 0.3 is 0 Å². The maximum atomic E-state index is 12.3. The zero-order valence-electron chi connectivity index (χ0n) is 9.55. The van der Waals surface area contributed by atoms with Crippen LogP contribution in [0.3, 0.4) is 0 Å². The second kappa shape index (κ2) is 5.22. The van der Waals surface area contributed by atoms with E-state index in [0.717, 1.165) is 18.8 Å². The summed E-state index contributed by atoms with van der Waals surface area (Å²) >= 11 is 1.85. The number of thioether (sulfide) groups is 1. The topological polar surface area (TPSA) is 52.7 Å². The van der Waals surface area contributed by atoms with Gasteiger partial charge in [-0.05, 0) is 0 Å². The molecule has 1 atom stereocenters. The van der Waals surface area contributed by atoms with Gasteiger partial charge in [-0.15, -0.1) is 0 Å². The normalized spacial score (nSPS) is 30.4. The molecule has 2 fully saturated rings. The van der Waals surface area contributed by atoms with Crippen LogP contribution in [0, 0.1) is 0 Å². The molecule has 1 unspecified atom stereocenters. The number of piperazine rings is 1. The fraction of sp³-hybridized carbons (Fsp3) is 1.00. The molecule has 2 heterocycles. The third-order valence-corrected chi connectivity index (χ3v) is 6.07. The second-order valence-electron chi connectivity index (χ2n) is 4.20. The van der Waals surface area contributed by atoms with Crippen LogP contribution in [0.2, 0.25) is 0 Å². The van der Waals surface area contributed by atoms with E-state index >= 15 is 0 Å². The predicted molar refractivity (Wildman–Crippen MR) is 66.9 cm³/mol. The number of hydrogen-bond acceptors (Lipinski definition) is 4. The van der Waals surface area contributed by atoms with E-state index in [1.54, 1.807) is 8.61 Å². The Morgan fingerprint density at radius 3 is 2.50 bits per heavy atom. The molecule has 2 rings (SSSR count). The van der Waals surface area contributed by atoms with Crippen molar-refractivity contribution in [2.45, 2.75) is 12.2 Å². The highest BCUT2D eigenvalue weighted by molar-refractivity contribution is 8.00. The summed E-state index contributed by atoms with van der Waals surface area (Å²) in [6.07, 6.45) is 0. The molecule has 0 saturated carbocycles. The quantitative estimate of drug-likeness (QED) is 0.736. The molecule has 5 nitrogen and oxygen atoms in total. The van der Waals surface area contributed by atoms with Crippen molar-refractivity contribution in [1.82, 2.24) is 13.9 Å². The minimum atomic E-state index is -3.20. The average Bonchev–Trinajstić information content (AvgIpc) is 2.30. The van der Waals surface area contributed by atoms with E-state index in [4.69, 9.17) is 0 Å². The van der Waals surface area contributed by atoms with Gasteiger partial charge in [0, 0.05) is 50.3 Å². The van der Waals surface area contributed by atoms with Gasteiger partial charge in [0.15, 0.2) is 0 Å². The molecule has 1 N–H and O–H groups in total. The first-order valence-electron chi connectivity index (χ1n) is 5.68. The van der Waals surface area contributed by atoms with Gasteiger partial charge in [0.1, 0.15) is 0 Å². The number of nitrogens with one attached hydrogen (secondary N) is 1. The van der Waals surface area contributed by atoms with E-state index in [1.807, 2.05) is 11.8 Å². The lowest BCUT2D eigenvalue weighted by Gasteiger charge is -2.35. The van der Waals surface area contributed by atoms with Gasteiger partial charge in [-0.3, -0.25) is 0 Å². The molecule has 0 bridgehead atoms. The van der Waals surface area contributed by atoms with Crippen LogP contribution >= 0.6 is 11.8 Å². The smallest absolute Gasteiger partial charge is 0.282 e. The van der Waals surface area contributed by atoms with E-state index in [2.05, 4.69) is 12.2 Å². The van der Waals surface area contributed by atoms with E-state index in [9.17, 15) is 8.42 Å². The Labute approximate surface area is 102 Å². The van der Waals surface area contributed by atoms with Crippen molar-refractivity contribution in [2.75, 3.05) is 45.0 Å². The lowest BCUT2D eigenvalue weighted by molar-refractivity contribution is 0.314. The van der Waals surface area contributed by atoms with E-state index < -0.39 is 10.2 Å². The molecule has 2 aliphatic heterocycles. The third-order valence-electron chi connectivity index (χ3n) is 2.93. The lowest BCUT2D eigenvalue weighted by atomic mass is 10.4. The molecule has 0 radical (unpaired) electrons. The van der Waals surface area contributed by atoms with Crippen LogP contribution in [0.25, 0.3) is 0 Å². The Morgan fingerprint density at radius 2 is 1.88 bits per heavy atom. The molecule has 0 amide bonds. The molecule has 0 aliphatic carbocycles. The van der Waals surface area contributed by atoms with Crippen molar-refractivity contribution in [3.8, 4) is 0 Å². The van der Waals surface area contributed by atoms with Gasteiger partial charge in [-0.2, -0.15) is 28.8 Å². The molecule has 7 heteroatoms. The van der Waals surface area contributed by atoms with Gasteiger partial charge in [0.25, 0.3) is 10.2 Å². The molecule has 2 aliphatic rings. The van der Waals surface area contributed by atoms with Gasteiger partial charge < -0.3 is 5.32 Å². The molecule has 2 saturated heterocycles. The highest BCUT2D eigenvalue weighted by atomic mass is 32.2. The van der Waals surface area contributed by atoms with Gasteiger partial charge in [0.2, 0.25) is 0 Å². The monoisotopic (exact) mass is 265 g/mol. The second-order valence-corrected chi connectivity index (χ2v) is 7.67. The molecule has 0 aromatic heterocycles. The first-order valence-corrected chi connectivity index (χ1v) is 8.13. The van der Waals surface area contributed by atoms with E-state index in [1.165, 1.54) is 0 Å². The molecule has 0 aromatic carbocycles. The predicted octanol–water partition coefficient (Wildman–Crippen LogP) is -0.426. The highest BCUT2D eigenvalue weighted by Crippen LogP contribution is 2.21. The van der Waals surface area contributed by atoms with Gasteiger partial charge in [0.05, 0.1) is 0 Å². The zero-order valence-corrected chi connectivity index (χ0v) is 11.2. The molecular formula is C9H19N3O2S2. The Bertz CT molecular complexity index is 328. The van der Waals surface area contributed by atoms with E-state index in [0.29, 0.717) is 31.4 Å². The Hall–Kier alpha value is 0.180. The van der Waals surface area contributed by atoms with Gasteiger partial charge in [-0.1, -0.05) is 6.92 Å². The minimum Gasteiger partial charge on any atom is -0.314 e. The molecular weight excluding hydrogens is 246 g/mol. The summed E-state index contributed by atoms with van der Waals surface area (Å²) in [6, 6.07) is 0. The third kappa shape index (κ3) is 2.70. The maximum absolute atomic E-state index is 12.3. The van der Waals surface area contributed by atoms with Crippen molar-refractivity contribution in [3.05, 3.63) is 0 Å². The van der Waals surface area contributed by atoms with Crippen LogP contribution in [0.5, 0.6) is 0 Å². The van der Waals surface area contributed by atoms with Crippen LogP contribution in [-0.4, -0.2) is 67.3 Å². The lowest BCUT2D eigenvalue weighted by Crippen LogP contribution is -2.54. The molecule has 0 aromatic rings. The van der Waals surface area contributed by atoms with Crippen molar-refractivity contribution in [2.24, 2.45) is 0 Å². The number of hydrogen-bond donors (Lipinski definition) is 1. The van der Waals surface area contributed by atoms with Crippen LogP contribution < -0.4 is 5.32 Å². The Balaban J connectivity index is 2.05. The SMILES string of the molecule is CC1CN(S(=O)(=O)N2CCNCC2)CCS1. The number of nitrogens with zero attached hydrogens (tertiary/aromatic N) is 2. The Morgan fingerprint density at radius 1 is 1.19 bits per heavy atom. The summed E-state index contributed by atoms with van der Waals surface area (Å²) in [7, 11) is -3.20. The zero-order chi connectivity index (χ0) is 11.6.